The number of hydrogen-bond donors (Lipinski definition) is 1. The molecule has 0 amide bonds. The van der Waals surface area contributed by atoms with E-state index in [0.29, 0.717) is 0 Å². The molecule has 22 heavy (non-hydrogen) atoms. The lowest BCUT2D eigenvalue weighted by molar-refractivity contribution is 0.634. The van der Waals surface area contributed by atoms with Crippen LogP contribution in [0.4, 0.5) is 0 Å². The van der Waals surface area contributed by atoms with E-state index in [-0.39, 0.29) is 24.8 Å². The smallest absolute Gasteiger partial charge is 0.0711 e. The van der Waals surface area contributed by atoms with Crippen LogP contribution in [0.1, 0.15) is 11.3 Å². The van der Waals surface area contributed by atoms with Gasteiger partial charge in [0.25, 0.3) is 0 Å². The first-order chi connectivity index (χ1) is 9.93. The molecule has 0 unspecified atom stereocenters. The first-order valence-electron chi connectivity index (χ1n) is 7.10. The lowest BCUT2D eigenvalue weighted by Gasteiger charge is -2.21. The van der Waals surface area contributed by atoms with E-state index in [9.17, 15) is 0 Å². The summed E-state index contributed by atoms with van der Waals surface area (Å²) in [5, 5.41) is 4.73. The Balaban J connectivity index is 0.000000882. The molecule has 4 heteroatoms. The van der Waals surface area contributed by atoms with Crippen LogP contribution in [0.2, 0.25) is 0 Å². The van der Waals surface area contributed by atoms with Gasteiger partial charge < -0.3 is 5.32 Å². The quantitative estimate of drug-likeness (QED) is 0.714. The van der Waals surface area contributed by atoms with Crippen molar-refractivity contribution >= 4 is 35.7 Å². The predicted molar refractivity (Wildman–Crippen MR) is 97.1 cm³/mol. The molecule has 0 saturated carbocycles. The zero-order chi connectivity index (χ0) is 13.4. The lowest BCUT2D eigenvalue weighted by Crippen LogP contribution is -2.25. The molecule has 0 spiro atoms. The van der Waals surface area contributed by atoms with Gasteiger partial charge in [-0.3, -0.25) is 4.98 Å². The molecule has 0 atom stereocenters. The largest absolute Gasteiger partial charge is 0.312 e. The van der Waals surface area contributed by atoms with Crippen molar-refractivity contribution in [2.24, 2.45) is 0 Å². The third-order valence-corrected chi connectivity index (χ3v) is 3.98. The number of halogens is 2. The summed E-state index contributed by atoms with van der Waals surface area (Å²) >= 11 is 0. The molecule has 0 bridgehead atoms. The van der Waals surface area contributed by atoms with Crippen molar-refractivity contribution in [1.29, 1.82) is 0 Å². The second kappa shape index (κ2) is 7.10. The third-order valence-electron chi connectivity index (χ3n) is 3.98. The van der Waals surface area contributed by atoms with Gasteiger partial charge in [-0.1, -0.05) is 48.5 Å². The van der Waals surface area contributed by atoms with Gasteiger partial charge in [0.1, 0.15) is 0 Å². The highest BCUT2D eigenvalue weighted by atomic mass is 35.5. The minimum Gasteiger partial charge on any atom is -0.312 e. The predicted octanol–water partition coefficient (Wildman–Crippen LogP) is 4.39. The molecule has 114 valence electrons. The summed E-state index contributed by atoms with van der Waals surface area (Å²) in [6.45, 7) is 1.93. The van der Waals surface area contributed by atoms with E-state index in [4.69, 9.17) is 4.98 Å². The molecular weight excluding hydrogens is 315 g/mol. The molecule has 2 nitrogen and oxygen atoms in total. The minimum atomic E-state index is 0. The van der Waals surface area contributed by atoms with Crippen LogP contribution in [0.5, 0.6) is 0 Å². The zero-order valence-corrected chi connectivity index (χ0v) is 13.7. The van der Waals surface area contributed by atoms with E-state index in [1.54, 1.807) is 0 Å². The van der Waals surface area contributed by atoms with Crippen LogP contribution in [0, 0.1) is 0 Å². The Morgan fingerprint density at radius 2 is 1.59 bits per heavy atom. The summed E-state index contributed by atoms with van der Waals surface area (Å²) in [5.41, 5.74) is 6.35. The van der Waals surface area contributed by atoms with E-state index in [2.05, 4.69) is 59.9 Å². The van der Waals surface area contributed by atoms with Crippen molar-refractivity contribution in [3.05, 3.63) is 65.9 Å². The Morgan fingerprint density at radius 3 is 2.41 bits per heavy atom. The molecule has 2 aromatic carbocycles. The van der Waals surface area contributed by atoms with E-state index < -0.39 is 0 Å². The maximum absolute atomic E-state index is 4.86. The molecule has 0 radical (unpaired) electrons. The second-order valence-electron chi connectivity index (χ2n) is 5.22. The Bertz CT molecular complexity index is 773. The molecule has 3 aromatic rings. The van der Waals surface area contributed by atoms with Crippen LogP contribution in [-0.4, -0.2) is 11.5 Å². The van der Waals surface area contributed by atoms with Crippen LogP contribution >= 0.6 is 24.8 Å². The summed E-state index contributed by atoms with van der Waals surface area (Å²) in [4.78, 5) is 4.86. The number of nitrogens with one attached hydrogen (secondary N) is 1. The number of hydrogen-bond acceptors (Lipinski definition) is 2. The van der Waals surface area contributed by atoms with E-state index in [0.717, 1.165) is 25.0 Å². The molecule has 1 N–H and O–H groups in total. The molecule has 1 aliphatic rings. The van der Waals surface area contributed by atoms with Gasteiger partial charge in [-0.25, -0.2) is 0 Å². The monoisotopic (exact) mass is 332 g/mol. The highest BCUT2D eigenvalue weighted by Crippen LogP contribution is 2.34. The van der Waals surface area contributed by atoms with Gasteiger partial charge in [-0.15, -0.1) is 24.8 Å². The molecule has 1 aliphatic heterocycles. The lowest BCUT2D eigenvalue weighted by atomic mass is 9.92. The normalized spacial score (nSPS) is 12.9. The third kappa shape index (κ3) is 2.82. The number of nitrogens with zero attached hydrogens (tertiary/aromatic N) is 1. The summed E-state index contributed by atoms with van der Waals surface area (Å²) in [6.07, 6.45) is 1.01. The van der Waals surface area contributed by atoms with Crippen LogP contribution in [-0.2, 0) is 13.0 Å². The van der Waals surface area contributed by atoms with Crippen LogP contribution < -0.4 is 5.32 Å². The van der Waals surface area contributed by atoms with Crippen molar-refractivity contribution in [3.8, 4) is 11.1 Å². The Kier molecular flexibility index (Phi) is 5.41. The number of aromatic nitrogens is 1. The molecule has 2 heterocycles. The topological polar surface area (TPSA) is 24.9 Å². The molecule has 1 aromatic heterocycles. The minimum absolute atomic E-state index is 0. The molecule has 0 fully saturated rings. The first-order valence-corrected chi connectivity index (χ1v) is 7.10. The van der Waals surface area contributed by atoms with Crippen molar-refractivity contribution < 1.29 is 0 Å². The molecule has 0 aliphatic carbocycles. The van der Waals surface area contributed by atoms with Crippen LogP contribution in [0.25, 0.3) is 22.0 Å². The standard InChI is InChI=1S/C18H16N2.2ClH/c1-2-6-13(7-3-1)18-14-8-4-5-9-16(14)20-17-10-11-19-12-15(17)18;;/h1-9,19H,10-12H2;2*1H. The number of benzene rings is 2. The number of fused-ring (bicyclic) bond motifs is 2. The molecule has 4 rings (SSSR count). The van der Waals surface area contributed by atoms with Crippen molar-refractivity contribution in [1.82, 2.24) is 10.3 Å². The van der Waals surface area contributed by atoms with Crippen molar-refractivity contribution in [3.63, 3.8) is 0 Å². The maximum Gasteiger partial charge on any atom is 0.0711 e. The highest BCUT2D eigenvalue weighted by molar-refractivity contribution is 5.96. The van der Waals surface area contributed by atoms with E-state index in [1.807, 2.05) is 0 Å². The summed E-state index contributed by atoms with van der Waals surface area (Å²) in [6, 6.07) is 19.1. The number of pyridine rings is 1. The second-order valence-corrected chi connectivity index (χ2v) is 5.22. The highest BCUT2D eigenvalue weighted by Gasteiger charge is 2.18. The average molecular weight is 333 g/mol. The van der Waals surface area contributed by atoms with Gasteiger partial charge in [0.2, 0.25) is 0 Å². The van der Waals surface area contributed by atoms with Crippen molar-refractivity contribution in [2.75, 3.05) is 6.54 Å². The van der Waals surface area contributed by atoms with Crippen LogP contribution in [0.3, 0.4) is 0 Å². The fourth-order valence-electron chi connectivity index (χ4n) is 3.05. The van der Waals surface area contributed by atoms with Gasteiger partial charge >= 0.3 is 0 Å². The van der Waals surface area contributed by atoms with Crippen LogP contribution in [0.15, 0.2) is 54.6 Å². The first kappa shape index (κ1) is 16.8. The Morgan fingerprint density at radius 1 is 0.864 bits per heavy atom. The van der Waals surface area contributed by atoms with Crippen molar-refractivity contribution in [2.45, 2.75) is 13.0 Å². The SMILES string of the molecule is Cl.Cl.c1ccc(-c2c3c(nc4ccccc24)CCNC3)cc1. The van der Waals surface area contributed by atoms with E-state index in [1.165, 1.54) is 27.8 Å². The van der Waals surface area contributed by atoms with Gasteiger partial charge in [0.05, 0.1) is 5.52 Å². The molecular formula is C18H18Cl2N2. The number of rotatable bonds is 1. The van der Waals surface area contributed by atoms with Gasteiger partial charge in [0.15, 0.2) is 0 Å². The maximum atomic E-state index is 4.86. The fourth-order valence-corrected chi connectivity index (χ4v) is 3.05. The number of para-hydroxylation sites is 1. The summed E-state index contributed by atoms with van der Waals surface area (Å²) in [5.74, 6) is 0. The van der Waals surface area contributed by atoms with Gasteiger partial charge in [-0.05, 0) is 22.8 Å². The van der Waals surface area contributed by atoms with Gasteiger partial charge in [0, 0.05) is 30.6 Å². The molecule has 0 saturated heterocycles. The zero-order valence-electron chi connectivity index (χ0n) is 12.1. The fraction of sp³-hybridized carbons (Fsp3) is 0.167. The Labute approximate surface area is 142 Å². The van der Waals surface area contributed by atoms with Gasteiger partial charge in [-0.2, -0.15) is 0 Å². The summed E-state index contributed by atoms with van der Waals surface area (Å²) in [7, 11) is 0. The summed E-state index contributed by atoms with van der Waals surface area (Å²) < 4.78 is 0. The average Bonchev–Trinajstić information content (AvgIpc) is 2.53. The Hall–Kier alpha value is -1.61. The van der Waals surface area contributed by atoms with E-state index >= 15 is 0 Å².